The van der Waals surface area contributed by atoms with Gasteiger partial charge >= 0.3 is 11.9 Å². The van der Waals surface area contributed by atoms with E-state index in [0.29, 0.717) is 6.42 Å². The van der Waals surface area contributed by atoms with E-state index < -0.39 is 17.9 Å². The predicted octanol–water partition coefficient (Wildman–Crippen LogP) is 19.4. The first-order valence-corrected chi connectivity index (χ1v) is 27.4. The molecular weight excluding hydrogens is 725 g/mol. The number of hydrogen-bond donors (Lipinski definition) is 1. The molecule has 0 fully saturated rings. The third-order valence-electron chi connectivity index (χ3n) is 13.4. The maximum Gasteiger partial charge on any atom is 0.320 e. The summed E-state index contributed by atoms with van der Waals surface area (Å²) < 4.78 is 4.59. The van der Waals surface area contributed by atoms with Crippen LogP contribution in [-0.2, 0) is 14.3 Å². The standard InChI is InChI=1S/C55H108O4/c1-3-4-5-6-7-8-9-10-11-12-13-14-15-16-17-18-19-20-21-22-23-24-25-26-27-28-29-30-31-32-33-34-35-36-37-38-39-40-41-42-43-44-45-46-47-48-49-50-51-52-53(54(56)57)55(58)59-2/h53H,3-52H2,1-2H3,(H,56,57). The lowest BCUT2D eigenvalue weighted by molar-refractivity contribution is -0.157. The molecule has 0 amide bonds. The largest absolute Gasteiger partial charge is 0.481 e. The van der Waals surface area contributed by atoms with Crippen molar-refractivity contribution in [2.24, 2.45) is 5.92 Å². The van der Waals surface area contributed by atoms with E-state index in [0.717, 1.165) is 19.3 Å². The second-order valence-corrected chi connectivity index (χ2v) is 19.2. The Bertz CT molecular complexity index is 811. The van der Waals surface area contributed by atoms with Crippen LogP contribution < -0.4 is 0 Å². The van der Waals surface area contributed by atoms with Crippen LogP contribution in [0.25, 0.3) is 0 Å². The van der Waals surface area contributed by atoms with E-state index in [-0.39, 0.29) is 0 Å². The first-order chi connectivity index (χ1) is 29.1. The third kappa shape index (κ3) is 47.8. The van der Waals surface area contributed by atoms with Gasteiger partial charge in [-0.05, 0) is 6.42 Å². The Hall–Kier alpha value is -1.06. The SMILES string of the molecule is CCCCCCCCCCCCCCCCCCCCCCCCCCCCCCCCCCCCCCCCCCCCCCCCCCCC(C(=O)O)C(=O)OC. The van der Waals surface area contributed by atoms with Crippen molar-refractivity contribution in [1.82, 2.24) is 0 Å². The normalized spacial score (nSPS) is 12.0. The van der Waals surface area contributed by atoms with E-state index in [1.165, 1.54) is 302 Å². The van der Waals surface area contributed by atoms with Gasteiger partial charge in [0, 0.05) is 0 Å². The van der Waals surface area contributed by atoms with Gasteiger partial charge in [-0.15, -0.1) is 0 Å². The fraction of sp³-hybridized carbons (Fsp3) is 0.964. The highest BCUT2D eigenvalue weighted by molar-refractivity contribution is 5.93. The molecule has 59 heavy (non-hydrogen) atoms. The van der Waals surface area contributed by atoms with Gasteiger partial charge in [0.05, 0.1) is 7.11 Å². The molecule has 0 aromatic carbocycles. The molecule has 4 nitrogen and oxygen atoms in total. The molecule has 0 aromatic heterocycles. The molecule has 0 aliphatic carbocycles. The van der Waals surface area contributed by atoms with Gasteiger partial charge in [0.2, 0.25) is 0 Å². The van der Waals surface area contributed by atoms with Crippen LogP contribution in [0, 0.1) is 5.92 Å². The number of ether oxygens (including phenoxy) is 1. The van der Waals surface area contributed by atoms with Crippen molar-refractivity contribution >= 4 is 11.9 Å². The van der Waals surface area contributed by atoms with E-state index in [9.17, 15) is 9.59 Å². The molecule has 1 atom stereocenters. The molecule has 0 saturated heterocycles. The highest BCUT2D eigenvalue weighted by atomic mass is 16.5. The summed E-state index contributed by atoms with van der Waals surface area (Å²) in [6.45, 7) is 2.31. The van der Waals surface area contributed by atoms with Crippen molar-refractivity contribution in [3.63, 3.8) is 0 Å². The number of esters is 1. The Balaban J connectivity index is 3.12. The number of methoxy groups -OCH3 is 1. The summed E-state index contributed by atoms with van der Waals surface area (Å²) in [6, 6.07) is 0. The summed E-state index contributed by atoms with van der Waals surface area (Å²) >= 11 is 0. The van der Waals surface area contributed by atoms with Crippen LogP contribution in [0.1, 0.15) is 328 Å². The molecule has 0 aliphatic heterocycles. The van der Waals surface area contributed by atoms with E-state index in [1.54, 1.807) is 0 Å². The number of unbranched alkanes of at least 4 members (excludes halogenated alkanes) is 48. The Kier molecular flexibility index (Phi) is 50.4. The van der Waals surface area contributed by atoms with E-state index in [1.807, 2.05) is 0 Å². The minimum atomic E-state index is -1.07. The van der Waals surface area contributed by atoms with Crippen LogP contribution >= 0.6 is 0 Å². The summed E-state index contributed by atoms with van der Waals surface area (Å²) in [7, 11) is 1.26. The zero-order chi connectivity index (χ0) is 42.8. The first kappa shape index (κ1) is 57.9. The molecule has 0 rings (SSSR count). The number of carbonyl (C=O) groups is 2. The van der Waals surface area contributed by atoms with Crippen LogP contribution in [0.4, 0.5) is 0 Å². The molecule has 352 valence electrons. The van der Waals surface area contributed by atoms with Gasteiger partial charge in [0.15, 0.2) is 5.92 Å². The summed E-state index contributed by atoms with van der Waals surface area (Å²) in [5.74, 6) is -2.68. The predicted molar refractivity (Wildman–Crippen MR) is 260 cm³/mol. The monoisotopic (exact) mass is 833 g/mol. The highest BCUT2D eigenvalue weighted by Crippen LogP contribution is 2.19. The number of carboxylic acids is 1. The molecule has 4 heteroatoms. The van der Waals surface area contributed by atoms with Gasteiger partial charge in [0.25, 0.3) is 0 Å². The van der Waals surface area contributed by atoms with Gasteiger partial charge in [-0.2, -0.15) is 0 Å². The summed E-state index contributed by atoms with van der Waals surface area (Å²) in [5.41, 5.74) is 0. The number of aliphatic carboxylic acids is 1. The smallest absolute Gasteiger partial charge is 0.320 e. The van der Waals surface area contributed by atoms with Crippen molar-refractivity contribution in [3.8, 4) is 0 Å². The van der Waals surface area contributed by atoms with Gasteiger partial charge in [0.1, 0.15) is 0 Å². The van der Waals surface area contributed by atoms with Crippen LogP contribution in [0.15, 0.2) is 0 Å². The molecule has 1 N–H and O–H groups in total. The molecule has 0 spiro atoms. The van der Waals surface area contributed by atoms with Crippen LogP contribution in [0.5, 0.6) is 0 Å². The topological polar surface area (TPSA) is 63.6 Å². The van der Waals surface area contributed by atoms with Gasteiger partial charge in [-0.1, -0.05) is 322 Å². The zero-order valence-electron chi connectivity index (χ0n) is 40.6. The maximum atomic E-state index is 11.5. The van der Waals surface area contributed by atoms with Crippen molar-refractivity contribution in [2.75, 3.05) is 7.11 Å². The molecule has 0 radical (unpaired) electrons. The minimum absolute atomic E-state index is 0.391. The molecule has 0 bridgehead atoms. The van der Waals surface area contributed by atoms with Crippen molar-refractivity contribution in [3.05, 3.63) is 0 Å². The molecule has 0 saturated carbocycles. The van der Waals surface area contributed by atoms with Gasteiger partial charge in [-0.25, -0.2) is 0 Å². The average molecular weight is 833 g/mol. The summed E-state index contributed by atoms with van der Waals surface area (Å²) in [5, 5.41) is 9.13. The van der Waals surface area contributed by atoms with Crippen LogP contribution in [-0.4, -0.2) is 24.2 Å². The average Bonchev–Trinajstić information content (AvgIpc) is 3.24. The Morgan fingerprint density at radius 3 is 0.593 bits per heavy atom. The molecular formula is C55H108O4. The van der Waals surface area contributed by atoms with E-state index in [2.05, 4.69) is 11.7 Å². The lowest BCUT2D eigenvalue weighted by Crippen LogP contribution is -2.24. The molecule has 0 aromatic rings. The molecule has 0 heterocycles. The third-order valence-corrected chi connectivity index (χ3v) is 13.4. The van der Waals surface area contributed by atoms with E-state index in [4.69, 9.17) is 5.11 Å². The quantitative estimate of drug-likeness (QED) is 0.0377. The second kappa shape index (κ2) is 51.3. The number of carbonyl (C=O) groups excluding carboxylic acids is 1. The summed E-state index contributed by atoms with van der Waals surface area (Å²) in [4.78, 5) is 22.6. The number of hydrogen-bond acceptors (Lipinski definition) is 3. The fourth-order valence-electron chi connectivity index (χ4n) is 9.21. The first-order valence-electron chi connectivity index (χ1n) is 27.4. The second-order valence-electron chi connectivity index (χ2n) is 19.2. The van der Waals surface area contributed by atoms with Crippen LogP contribution in [0.2, 0.25) is 0 Å². The number of rotatable bonds is 52. The lowest BCUT2D eigenvalue weighted by Gasteiger charge is -2.09. The Morgan fingerprint density at radius 1 is 0.305 bits per heavy atom. The Labute approximate surface area is 371 Å². The van der Waals surface area contributed by atoms with E-state index >= 15 is 0 Å². The lowest BCUT2D eigenvalue weighted by atomic mass is 10.00. The van der Waals surface area contributed by atoms with Gasteiger partial charge < -0.3 is 9.84 Å². The Morgan fingerprint density at radius 2 is 0.458 bits per heavy atom. The van der Waals surface area contributed by atoms with Crippen molar-refractivity contribution < 1.29 is 19.4 Å². The van der Waals surface area contributed by atoms with Crippen molar-refractivity contribution in [2.45, 2.75) is 328 Å². The summed E-state index contributed by atoms with van der Waals surface area (Å²) in [6.07, 6.45) is 69.9. The minimum Gasteiger partial charge on any atom is -0.481 e. The number of carboxylic acid groups (broad SMARTS) is 1. The fourth-order valence-corrected chi connectivity index (χ4v) is 9.21. The highest BCUT2D eigenvalue weighted by Gasteiger charge is 2.26. The van der Waals surface area contributed by atoms with Crippen molar-refractivity contribution in [1.29, 1.82) is 0 Å². The van der Waals surface area contributed by atoms with Gasteiger partial charge in [-0.3, -0.25) is 9.59 Å². The maximum absolute atomic E-state index is 11.5. The zero-order valence-corrected chi connectivity index (χ0v) is 40.6. The molecule has 1 unspecified atom stereocenters. The van der Waals surface area contributed by atoms with Crippen LogP contribution in [0.3, 0.4) is 0 Å². The molecule has 0 aliphatic rings.